The van der Waals surface area contributed by atoms with Gasteiger partial charge in [0.25, 0.3) is 0 Å². The van der Waals surface area contributed by atoms with E-state index in [0.29, 0.717) is 12.8 Å². The van der Waals surface area contributed by atoms with Gasteiger partial charge in [0.1, 0.15) is 5.54 Å². The van der Waals surface area contributed by atoms with Gasteiger partial charge in [0.05, 0.1) is 19.6 Å². The Kier molecular flexibility index (Phi) is 7.14. The van der Waals surface area contributed by atoms with E-state index in [0.717, 1.165) is 19.3 Å². The van der Waals surface area contributed by atoms with Crippen molar-refractivity contribution in [3.8, 4) is 0 Å². The standard InChI is InChI=1S/C15H25NO6/c1-3-21-12(17)8-11-16(14(20)22-4-2)15(13(18)19)9-6-5-7-10-15/h3-11H2,1-2H3,(H,18,19). The second-order valence-electron chi connectivity index (χ2n) is 5.30. The van der Waals surface area contributed by atoms with Crippen LogP contribution in [-0.2, 0) is 19.1 Å². The summed E-state index contributed by atoms with van der Waals surface area (Å²) in [5.74, 6) is -1.49. The molecular formula is C15H25NO6. The maximum Gasteiger partial charge on any atom is 0.410 e. The number of hydrogen-bond donors (Lipinski definition) is 1. The van der Waals surface area contributed by atoms with Crippen LogP contribution in [0, 0.1) is 0 Å². The number of carbonyl (C=O) groups is 3. The zero-order valence-electron chi connectivity index (χ0n) is 13.3. The van der Waals surface area contributed by atoms with Crippen LogP contribution in [0.25, 0.3) is 0 Å². The number of amides is 1. The fourth-order valence-corrected chi connectivity index (χ4v) is 2.85. The van der Waals surface area contributed by atoms with Crippen molar-refractivity contribution in [1.82, 2.24) is 4.90 Å². The van der Waals surface area contributed by atoms with Gasteiger partial charge >= 0.3 is 18.0 Å². The van der Waals surface area contributed by atoms with E-state index >= 15 is 0 Å². The summed E-state index contributed by atoms with van der Waals surface area (Å²) in [7, 11) is 0. The highest BCUT2D eigenvalue weighted by Crippen LogP contribution is 2.34. The highest BCUT2D eigenvalue weighted by atomic mass is 16.6. The lowest BCUT2D eigenvalue weighted by Gasteiger charge is -2.42. The third-order valence-corrected chi connectivity index (χ3v) is 3.93. The van der Waals surface area contributed by atoms with Gasteiger partial charge in [-0.25, -0.2) is 9.59 Å². The fourth-order valence-electron chi connectivity index (χ4n) is 2.85. The van der Waals surface area contributed by atoms with Crippen molar-refractivity contribution in [2.45, 2.75) is 57.9 Å². The molecule has 0 aliphatic heterocycles. The summed E-state index contributed by atoms with van der Waals surface area (Å²) in [5.41, 5.74) is -1.28. The zero-order chi connectivity index (χ0) is 16.6. The minimum absolute atomic E-state index is 0.00995. The van der Waals surface area contributed by atoms with E-state index < -0.39 is 23.6 Å². The van der Waals surface area contributed by atoms with Gasteiger partial charge < -0.3 is 14.6 Å². The molecule has 0 radical (unpaired) electrons. The van der Waals surface area contributed by atoms with E-state index in [2.05, 4.69) is 0 Å². The molecule has 0 aromatic carbocycles. The minimum Gasteiger partial charge on any atom is -0.479 e. The highest BCUT2D eigenvalue weighted by molar-refractivity contribution is 5.85. The molecule has 1 aliphatic rings. The van der Waals surface area contributed by atoms with Crippen LogP contribution in [0.4, 0.5) is 4.79 Å². The van der Waals surface area contributed by atoms with Gasteiger partial charge in [0.15, 0.2) is 0 Å². The quantitative estimate of drug-likeness (QED) is 0.724. The summed E-state index contributed by atoms with van der Waals surface area (Å²) in [6, 6.07) is 0. The average molecular weight is 315 g/mol. The molecule has 0 aromatic rings. The molecular weight excluding hydrogens is 290 g/mol. The van der Waals surface area contributed by atoms with E-state index in [1.807, 2.05) is 0 Å². The molecule has 1 saturated carbocycles. The Labute approximate surface area is 130 Å². The summed E-state index contributed by atoms with van der Waals surface area (Å²) in [6.45, 7) is 3.76. The Bertz CT molecular complexity index is 403. The first-order chi connectivity index (χ1) is 10.5. The highest BCUT2D eigenvalue weighted by Gasteiger charge is 2.48. The number of hydrogen-bond acceptors (Lipinski definition) is 5. The first-order valence-corrected chi connectivity index (χ1v) is 7.81. The molecule has 126 valence electrons. The molecule has 7 heteroatoms. The van der Waals surface area contributed by atoms with Gasteiger partial charge in [-0.05, 0) is 26.7 Å². The summed E-state index contributed by atoms with van der Waals surface area (Å²) in [5, 5.41) is 9.68. The number of aliphatic carboxylic acids is 1. The van der Waals surface area contributed by atoms with E-state index in [1.165, 1.54) is 4.90 Å². The predicted octanol–water partition coefficient (Wildman–Crippen LogP) is 2.19. The molecule has 0 bridgehead atoms. The molecule has 0 saturated heterocycles. The Hall–Kier alpha value is -1.79. The molecule has 0 spiro atoms. The van der Waals surface area contributed by atoms with Gasteiger partial charge in [-0.15, -0.1) is 0 Å². The molecule has 1 rings (SSSR count). The van der Waals surface area contributed by atoms with Crippen LogP contribution in [0.2, 0.25) is 0 Å². The molecule has 7 nitrogen and oxygen atoms in total. The third kappa shape index (κ3) is 4.35. The van der Waals surface area contributed by atoms with Gasteiger partial charge in [0, 0.05) is 6.54 Å². The van der Waals surface area contributed by atoms with Crippen molar-refractivity contribution in [2.24, 2.45) is 0 Å². The topological polar surface area (TPSA) is 93.1 Å². The van der Waals surface area contributed by atoms with Crippen molar-refractivity contribution in [3.05, 3.63) is 0 Å². The van der Waals surface area contributed by atoms with Gasteiger partial charge in [-0.2, -0.15) is 0 Å². The first-order valence-electron chi connectivity index (χ1n) is 7.81. The second-order valence-corrected chi connectivity index (χ2v) is 5.30. The maximum absolute atomic E-state index is 12.2. The van der Waals surface area contributed by atoms with Crippen LogP contribution >= 0.6 is 0 Å². The van der Waals surface area contributed by atoms with Crippen molar-refractivity contribution in [3.63, 3.8) is 0 Å². The van der Waals surface area contributed by atoms with E-state index in [4.69, 9.17) is 9.47 Å². The lowest BCUT2D eigenvalue weighted by molar-refractivity contribution is -0.154. The molecule has 1 fully saturated rings. The lowest BCUT2D eigenvalue weighted by Crippen LogP contribution is -2.58. The van der Waals surface area contributed by atoms with E-state index in [9.17, 15) is 19.5 Å². The normalized spacial score (nSPS) is 16.6. The Morgan fingerprint density at radius 2 is 1.64 bits per heavy atom. The molecule has 1 aliphatic carbocycles. The molecule has 22 heavy (non-hydrogen) atoms. The van der Waals surface area contributed by atoms with Crippen molar-refractivity contribution in [2.75, 3.05) is 19.8 Å². The van der Waals surface area contributed by atoms with Crippen molar-refractivity contribution < 1.29 is 29.0 Å². The maximum atomic E-state index is 12.2. The Morgan fingerprint density at radius 3 is 2.14 bits per heavy atom. The van der Waals surface area contributed by atoms with E-state index in [-0.39, 0.29) is 26.2 Å². The number of carboxylic acids is 1. The SMILES string of the molecule is CCOC(=O)CCN(C(=O)OCC)C1(C(=O)O)CCCCC1. The molecule has 0 unspecified atom stereocenters. The van der Waals surface area contributed by atoms with Crippen LogP contribution in [0.1, 0.15) is 52.4 Å². The predicted molar refractivity (Wildman–Crippen MR) is 78.4 cm³/mol. The first kappa shape index (κ1) is 18.3. The van der Waals surface area contributed by atoms with Crippen molar-refractivity contribution >= 4 is 18.0 Å². The minimum atomic E-state index is -1.28. The molecule has 0 atom stereocenters. The van der Waals surface area contributed by atoms with Gasteiger partial charge in [0.2, 0.25) is 0 Å². The van der Waals surface area contributed by atoms with E-state index in [1.54, 1.807) is 13.8 Å². The number of rotatable bonds is 7. The summed E-state index contributed by atoms with van der Waals surface area (Å²) in [6.07, 6.45) is 2.46. The number of carboxylic acid groups (broad SMARTS) is 1. The van der Waals surface area contributed by atoms with Gasteiger partial charge in [-0.1, -0.05) is 19.3 Å². The molecule has 1 amide bonds. The van der Waals surface area contributed by atoms with Gasteiger partial charge in [-0.3, -0.25) is 9.69 Å². The third-order valence-electron chi connectivity index (χ3n) is 3.93. The number of carbonyl (C=O) groups excluding carboxylic acids is 2. The van der Waals surface area contributed by atoms with Crippen LogP contribution in [-0.4, -0.2) is 53.3 Å². The number of nitrogens with zero attached hydrogens (tertiary/aromatic N) is 1. The summed E-state index contributed by atoms with van der Waals surface area (Å²) >= 11 is 0. The van der Waals surface area contributed by atoms with Crippen LogP contribution in [0.15, 0.2) is 0 Å². The fraction of sp³-hybridized carbons (Fsp3) is 0.800. The summed E-state index contributed by atoms with van der Waals surface area (Å²) < 4.78 is 9.84. The number of ether oxygens (including phenoxy) is 2. The Balaban J connectivity index is 2.93. The summed E-state index contributed by atoms with van der Waals surface area (Å²) in [4.78, 5) is 36.8. The molecule has 0 heterocycles. The Morgan fingerprint density at radius 1 is 1.05 bits per heavy atom. The van der Waals surface area contributed by atoms with Crippen LogP contribution in [0.3, 0.4) is 0 Å². The molecule has 1 N–H and O–H groups in total. The largest absolute Gasteiger partial charge is 0.479 e. The lowest BCUT2D eigenvalue weighted by atomic mass is 9.80. The smallest absolute Gasteiger partial charge is 0.410 e. The average Bonchev–Trinajstić information content (AvgIpc) is 2.48. The zero-order valence-corrected chi connectivity index (χ0v) is 13.3. The van der Waals surface area contributed by atoms with Crippen LogP contribution < -0.4 is 0 Å². The monoisotopic (exact) mass is 315 g/mol. The van der Waals surface area contributed by atoms with Crippen LogP contribution in [0.5, 0.6) is 0 Å². The van der Waals surface area contributed by atoms with Crippen molar-refractivity contribution in [1.29, 1.82) is 0 Å². The molecule has 0 aromatic heterocycles. The second kappa shape index (κ2) is 8.60. The number of esters is 1.